The van der Waals surface area contributed by atoms with Crippen LogP contribution in [0.2, 0.25) is 0 Å². The quantitative estimate of drug-likeness (QED) is 0.743. The van der Waals surface area contributed by atoms with Gasteiger partial charge in [-0.1, -0.05) is 0 Å². The fourth-order valence-corrected chi connectivity index (χ4v) is 4.04. The predicted molar refractivity (Wildman–Crippen MR) is 72.6 cm³/mol. The Morgan fingerprint density at radius 2 is 1.90 bits per heavy atom. The number of piperidine rings is 1. The van der Waals surface area contributed by atoms with Crippen LogP contribution < -0.4 is 5.32 Å². The number of terminal acetylenes is 1. The number of rotatable bonds is 0. The topological polar surface area (TPSA) is 21.3 Å². The molecule has 6 heteroatoms. The van der Waals surface area contributed by atoms with Gasteiger partial charge in [0.15, 0.2) is 0 Å². The Morgan fingerprint density at radius 1 is 1.25 bits per heavy atom. The van der Waals surface area contributed by atoms with Crippen LogP contribution in [0.15, 0.2) is 6.07 Å². The van der Waals surface area contributed by atoms with Gasteiger partial charge in [-0.15, -0.1) is 24.2 Å². The summed E-state index contributed by atoms with van der Waals surface area (Å²) in [4.78, 5) is 0.318. The second kappa shape index (κ2) is 5.76. The summed E-state index contributed by atoms with van der Waals surface area (Å²) in [5.41, 5.74) is 0.368. The molecule has 2 aliphatic heterocycles. The highest BCUT2D eigenvalue weighted by molar-refractivity contribution is 7.12. The Balaban J connectivity index is 0.000000704. The summed E-state index contributed by atoms with van der Waals surface area (Å²) in [7, 11) is 0. The van der Waals surface area contributed by atoms with E-state index in [9.17, 15) is 13.2 Å². The molecule has 1 N–H and O–H groups in total. The van der Waals surface area contributed by atoms with Crippen LogP contribution in [0.25, 0.3) is 0 Å². The minimum absolute atomic E-state index is 0.465. The van der Waals surface area contributed by atoms with Gasteiger partial charge in [0.25, 0.3) is 0 Å². The molecule has 2 aliphatic rings. The first-order chi connectivity index (χ1) is 9.51. The molecule has 0 bridgehead atoms. The number of hydrogen-bond acceptors (Lipinski definition) is 3. The first-order valence-electron chi connectivity index (χ1n) is 6.40. The number of ether oxygens (including phenoxy) is 1. The van der Waals surface area contributed by atoms with E-state index in [1.54, 1.807) is 0 Å². The van der Waals surface area contributed by atoms with E-state index in [0.717, 1.165) is 47.7 Å². The molecule has 1 aromatic heterocycles. The summed E-state index contributed by atoms with van der Waals surface area (Å²) in [6.07, 6.45) is 5.88. The van der Waals surface area contributed by atoms with Crippen molar-refractivity contribution in [3.63, 3.8) is 0 Å². The van der Waals surface area contributed by atoms with Gasteiger partial charge < -0.3 is 10.1 Å². The van der Waals surface area contributed by atoms with E-state index < -0.39 is 16.7 Å². The molecule has 0 radical (unpaired) electrons. The average molecular weight is 303 g/mol. The van der Waals surface area contributed by atoms with Crippen LogP contribution in [0.4, 0.5) is 13.2 Å². The van der Waals surface area contributed by atoms with Gasteiger partial charge in [-0.3, -0.25) is 0 Å². The van der Waals surface area contributed by atoms with Crippen molar-refractivity contribution >= 4 is 11.3 Å². The van der Waals surface area contributed by atoms with Crippen LogP contribution >= 0.6 is 11.3 Å². The second-order valence-electron chi connectivity index (χ2n) is 4.81. The van der Waals surface area contributed by atoms with Gasteiger partial charge in [0.05, 0.1) is 6.61 Å². The van der Waals surface area contributed by atoms with Crippen molar-refractivity contribution in [2.75, 3.05) is 19.7 Å². The Hall–Kier alpha value is -1.03. The van der Waals surface area contributed by atoms with Crippen molar-refractivity contribution in [2.24, 2.45) is 0 Å². The molecule has 0 aromatic carbocycles. The van der Waals surface area contributed by atoms with Gasteiger partial charge in [0, 0.05) is 4.88 Å². The minimum atomic E-state index is -4.24. The lowest BCUT2D eigenvalue weighted by molar-refractivity contribution is -0.134. The molecular formula is C14H16F3NOS. The van der Waals surface area contributed by atoms with Gasteiger partial charge >= 0.3 is 6.18 Å². The number of fused-ring (bicyclic) bond motifs is 2. The largest absolute Gasteiger partial charge is 0.425 e. The SMILES string of the molecule is C#C.FC(F)(F)c1cc2c(s1)C1(CCNCC1)OCC2. The predicted octanol–water partition coefficient (Wildman–Crippen LogP) is 3.17. The minimum Gasteiger partial charge on any atom is -0.369 e. The maximum atomic E-state index is 12.8. The van der Waals surface area contributed by atoms with Crippen molar-refractivity contribution in [1.29, 1.82) is 0 Å². The molecule has 1 aromatic rings. The van der Waals surface area contributed by atoms with Crippen LogP contribution in [-0.4, -0.2) is 19.7 Å². The Labute approximate surface area is 120 Å². The lowest BCUT2D eigenvalue weighted by atomic mass is 9.86. The van der Waals surface area contributed by atoms with E-state index in [4.69, 9.17) is 4.74 Å². The van der Waals surface area contributed by atoms with E-state index in [1.807, 2.05) is 0 Å². The van der Waals surface area contributed by atoms with Crippen LogP contribution in [0.3, 0.4) is 0 Å². The van der Waals surface area contributed by atoms with E-state index >= 15 is 0 Å². The average Bonchev–Trinajstić information content (AvgIpc) is 2.88. The molecule has 0 unspecified atom stereocenters. The Morgan fingerprint density at radius 3 is 2.50 bits per heavy atom. The third-order valence-electron chi connectivity index (χ3n) is 3.66. The lowest BCUT2D eigenvalue weighted by Crippen LogP contribution is -2.43. The maximum absolute atomic E-state index is 12.8. The summed E-state index contributed by atoms with van der Waals surface area (Å²) < 4.78 is 44.2. The van der Waals surface area contributed by atoms with E-state index in [2.05, 4.69) is 18.2 Å². The Kier molecular flexibility index (Phi) is 4.43. The highest BCUT2D eigenvalue weighted by Gasteiger charge is 2.43. The first-order valence-corrected chi connectivity index (χ1v) is 7.21. The number of halogens is 3. The van der Waals surface area contributed by atoms with Crippen LogP contribution in [-0.2, 0) is 22.9 Å². The van der Waals surface area contributed by atoms with E-state index in [-0.39, 0.29) is 0 Å². The molecule has 0 saturated carbocycles. The number of alkyl halides is 3. The van der Waals surface area contributed by atoms with Gasteiger partial charge in [-0.25, -0.2) is 0 Å². The molecule has 1 spiro atoms. The summed E-state index contributed by atoms with van der Waals surface area (Å²) >= 11 is 0.870. The van der Waals surface area contributed by atoms with Crippen molar-refractivity contribution < 1.29 is 17.9 Å². The standard InChI is InChI=1S/C12H14F3NOS.C2H2/c13-12(14,15)9-7-8-1-6-17-11(10(8)18-9)2-4-16-5-3-11;1-2/h7,16H,1-6H2;1-2H. The molecule has 2 nitrogen and oxygen atoms in total. The highest BCUT2D eigenvalue weighted by Crippen LogP contribution is 2.47. The molecule has 0 amide bonds. The van der Waals surface area contributed by atoms with Gasteiger partial charge in [-0.05, 0) is 44.0 Å². The van der Waals surface area contributed by atoms with Crippen LogP contribution in [0, 0.1) is 12.8 Å². The molecule has 1 saturated heterocycles. The summed E-state index contributed by atoms with van der Waals surface area (Å²) in [5.74, 6) is 0. The van der Waals surface area contributed by atoms with Gasteiger partial charge in [-0.2, -0.15) is 13.2 Å². The molecule has 0 aliphatic carbocycles. The molecule has 3 rings (SSSR count). The zero-order valence-corrected chi connectivity index (χ0v) is 11.7. The third kappa shape index (κ3) is 2.71. The van der Waals surface area contributed by atoms with E-state index in [0.29, 0.717) is 13.0 Å². The number of hydrogen-bond donors (Lipinski definition) is 1. The highest BCUT2D eigenvalue weighted by atomic mass is 32.1. The maximum Gasteiger partial charge on any atom is 0.425 e. The normalized spacial score (nSPS) is 20.9. The second-order valence-corrected chi connectivity index (χ2v) is 5.86. The number of thiophene rings is 1. The summed E-state index contributed by atoms with van der Waals surface area (Å²) in [6.45, 7) is 2.14. The van der Waals surface area contributed by atoms with Crippen LogP contribution in [0.1, 0.15) is 28.2 Å². The van der Waals surface area contributed by atoms with Gasteiger partial charge in [0.1, 0.15) is 10.5 Å². The molecule has 0 atom stereocenters. The fraction of sp³-hybridized carbons (Fsp3) is 0.571. The van der Waals surface area contributed by atoms with Gasteiger partial charge in [0.2, 0.25) is 0 Å². The molecule has 110 valence electrons. The number of nitrogens with one attached hydrogen (secondary N) is 1. The molecule has 1 fully saturated rings. The monoisotopic (exact) mass is 303 g/mol. The zero-order valence-electron chi connectivity index (χ0n) is 10.9. The smallest absolute Gasteiger partial charge is 0.369 e. The van der Waals surface area contributed by atoms with Crippen LogP contribution in [0.5, 0.6) is 0 Å². The fourth-order valence-electron chi connectivity index (χ4n) is 2.76. The van der Waals surface area contributed by atoms with Crippen molar-refractivity contribution in [1.82, 2.24) is 5.32 Å². The Bertz CT molecular complexity index is 486. The van der Waals surface area contributed by atoms with Crippen molar-refractivity contribution in [3.05, 3.63) is 21.4 Å². The van der Waals surface area contributed by atoms with Crippen molar-refractivity contribution in [2.45, 2.75) is 31.0 Å². The molecular weight excluding hydrogens is 287 g/mol. The third-order valence-corrected chi connectivity index (χ3v) is 5.07. The lowest BCUT2D eigenvalue weighted by Gasteiger charge is -2.40. The summed E-state index contributed by atoms with van der Waals surface area (Å²) in [5, 5.41) is 3.23. The molecule has 20 heavy (non-hydrogen) atoms. The van der Waals surface area contributed by atoms with E-state index in [1.165, 1.54) is 6.07 Å². The summed E-state index contributed by atoms with van der Waals surface area (Å²) in [6, 6.07) is 1.31. The first kappa shape index (κ1) is 15.4. The zero-order chi connectivity index (χ0) is 14.8. The molecule has 3 heterocycles. The van der Waals surface area contributed by atoms with Crippen molar-refractivity contribution in [3.8, 4) is 12.8 Å².